The molecule has 2 heterocycles. The molecule has 0 aliphatic carbocycles. The van der Waals surface area contributed by atoms with Crippen LogP contribution in [0.5, 0.6) is 5.75 Å². The fourth-order valence-electron chi connectivity index (χ4n) is 3.38. The molecule has 1 aliphatic rings. The van der Waals surface area contributed by atoms with Gasteiger partial charge in [-0.3, -0.25) is 4.79 Å². The molecule has 8 heteroatoms. The van der Waals surface area contributed by atoms with Crippen LogP contribution in [0.3, 0.4) is 0 Å². The highest BCUT2D eigenvalue weighted by Crippen LogP contribution is 2.38. The number of anilines is 1. The van der Waals surface area contributed by atoms with Crippen LogP contribution in [0.15, 0.2) is 47.6 Å². The molecule has 30 heavy (non-hydrogen) atoms. The van der Waals surface area contributed by atoms with Crippen LogP contribution in [0.2, 0.25) is 0 Å². The van der Waals surface area contributed by atoms with Crippen molar-refractivity contribution in [3.05, 3.63) is 65.0 Å². The van der Waals surface area contributed by atoms with Gasteiger partial charge in [-0.1, -0.05) is 30.0 Å². The zero-order chi connectivity index (χ0) is 21.3. The highest BCUT2D eigenvalue weighted by molar-refractivity contribution is 8.00. The fraction of sp³-hybridized carbons (Fsp3) is 0.318. The van der Waals surface area contributed by atoms with Crippen molar-refractivity contribution in [2.45, 2.75) is 44.1 Å². The molecule has 0 saturated heterocycles. The lowest BCUT2D eigenvalue weighted by molar-refractivity contribution is -0.116. The first-order chi connectivity index (χ1) is 14.5. The third-order valence-corrected chi connectivity index (χ3v) is 6.40. The molecular formula is C22H25N5O2S. The molecule has 0 saturated carbocycles. The highest BCUT2D eigenvalue weighted by atomic mass is 32.2. The van der Waals surface area contributed by atoms with E-state index in [4.69, 9.17) is 4.74 Å². The van der Waals surface area contributed by atoms with Crippen molar-refractivity contribution in [3.8, 4) is 5.75 Å². The Morgan fingerprint density at radius 3 is 2.60 bits per heavy atom. The van der Waals surface area contributed by atoms with Crippen LogP contribution < -0.4 is 15.5 Å². The standard InChI is InChI=1S/C22H25N5O2S/c1-5-29-18-10-7-16(8-11-18)19-20(30-22-25-24-15(4)27(22)26-19)21(28)23-17-9-6-13(2)14(3)12-17/h6-12,19-20,26H,5H2,1-4H3,(H,23,28)/t19-,20-/m1/s1. The van der Waals surface area contributed by atoms with Crippen LogP contribution in [0.25, 0.3) is 0 Å². The number of carbonyl (C=O) groups excluding carboxylic acids is 1. The summed E-state index contributed by atoms with van der Waals surface area (Å²) < 4.78 is 7.39. The maximum atomic E-state index is 13.3. The van der Waals surface area contributed by atoms with Gasteiger partial charge in [0.25, 0.3) is 0 Å². The molecule has 0 bridgehead atoms. The maximum Gasteiger partial charge on any atom is 0.240 e. The van der Waals surface area contributed by atoms with E-state index in [1.807, 2.05) is 67.9 Å². The van der Waals surface area contributed by atoms with Crippen molar-refractivity contribution in [1.29, 1.82) is 0 Å². The zero-order valence-corrected chi connectivity index (χ0v) is 18.3. The van der Waals surface area contributed by atoms with Gasteiger partial charge in [-0.25, -0.2) is 4.68 Å². The average molecular weight is 424 g/mol. The zero-order valence-electron chi connectivity index (χ0n) is 17.5. The molecule has 2 N–H and O–H groups in total. The predicted octanol–water partition coefficient (Wildman–Crippen LogP) is 4.00. The van der Waals surface area contributed by atoms with Gasteiger partial charge < -0.3 is 15.5 Å². The van der Waals surface area contributed by atoms with E-state index in [0.29, 0.717) is 11.8 Å². The molecule has 7 nitrogen and oxygen atoms in total. The Morgan fingerprint density at radius 2 is 1.90 bits per heavy atom. The van der Waals surface area contributed by atoms with Crippen molar-refractivity contribution in [1.82, 2.24) is 14.9 Å². The van der Waals surface area contributed by atoms with Crippen LogP contribution in [0.4, 0.5) is 5.69 Å². The predicted molar refractivity (Wildman–Crippen MR) is 119 cm³/mol. The first-order valence-corrected chi connectivity index (χ1v) is 10.8. The number of benzene rings is 2. The number of aryl methyl sites for hydroxylation is 3. The summed E-state index contributed by atoms with van der Waals surface area (Å²) >= 11 is 1.41. The third kappa shape index (κ3) is 4.00. The van der Waals surface area contributed by atoms with Gasteiger partial charge in [0.1, 0.15) is 16.8 Å². The molecule has 0 unspecified atom stereocenters. The molecule has 4 rings (SSSR count). The minimum Gasteiger partial charge on any atom is -0.494 e. The molecule has 3 aromatic rings. The summed E-state index contributed by atoms with van der Waals surface area (Å²) in [6, 6.07) is 13.5. The van der Waals surface area contributed by atoms with Crippen LogP contribution >= 0.6 is 11.8 Å². The van der Waals surface area contributed by atoms with Crippen molar-refractivity contribution in [3.63, 3.8) is 0 Å². The SMILES string of the molecule is CCOc1ccc([C@H]2Nn3c(C)nnc3S[C@H]2C(=O)Nc2ccc(C)c(C)c2)cc1. The van der Waals surface area contributed by atoms with E-state index >= 15 is 0 Å². The summed E-state index contributed by atoms with van der Waals surface area (Å²) in [5.74, 6) is 1.48. The molecule has 1 amide bonds. The Bertz CT molecular complexity index is 1060. The van der Waals surface area contributed by atoms with Gasteiger partial charge in [-0.15, -0.1) is 10.2 Å². The lowest BCUT2D eigenvalue weighted by Gasteiger charge is -2.32. The molecule has 1 aromatic heterocycles. The van der Waals surface area contributed by atoms with E-state index < -0.39 is 5.25 Å². The number of nitrogens with one attached hydrogen (secondary N) is 2. The molecular weight excluding hydrogens is 398 g/mol. The Kier molecular flexibility index (Phi) is 5.67. The normalized spacial score (nSPS) is 17.7. The molecule has 1 aliphatic heterocycles. The Labute approximate surface area is 180 Å². The number of hydrogen-bond acceptors (Lipinski definition) is 6. The van der Waals surface area contributed by atoms with Crippen LogP contribution in [-0.4, -0.2) is 32.6 Å². The quantitative estimate of drug-likeness (QED) is 0.646. The first-order valence-electron chi connectivity index (χ1n) is 9.92. The number of nitrogens with zero attached hydrogens (tertiary/aromatic N) is 3. The van der Waals surface area contributed by atoms with E-state index in [2.05, 4.69) is 27.9 Å². The van der Waals surface area contributed by atoms with Gasteiger partial charge in [0, 0.05) is 5.69 Å². The second kappa shape index (κ2) is 8.39. The number of thioether (sulfide) groups is 1. The number of hydrogen-bond donors (Lipinski definition) is 2. The van der Waals surface area contributed by atoms with Gasteiger partial charge >= 0.3 is 0 Å². The lowest BCUT2D eigenvalue weighted by Crippen LogP contribution is -2.41. The van der Waals surface area contributed by atoms with Crippen LogP contribution in [0.1, 0.15) is 35.5 Å². The largest absolute Gasteiger partial charge is 0.494 e. The second-order valence-corrected chi connectivity index (χ2v) is 8.41. The number of fused-ring (bicyclic) bond motifs is 1. The van der Waals surface area contributed by atoms with Crippen LogP contribution in [0, 0.1) is 20.8 Å². The summed E-state index contributed by atoms with van der Waals surface area (Å²) in [5.41, 5.74) is 7.53. The van der Waals surface area contributed by atoms with Crippen molar-refractivity contribution >= 4 is 23.4 Å². The molecule has 0 radical (unpaired) electrons. The van der Waals surface area contributed by atoms with E-state index in [1.54, 1.807) is 0 Å². The van der Waals surface area contributed by atoms with E-state index in [-0.39, 0.29) is 11.9 Å². The lowest BCUT2D eigenvalue weighted by atomic mass is 10.0. The van der Waals surface area contributed by atoms with Crippen LogP contribution in [-0.2, 0) is 4.79 Å². The minimum atomic E-state index is -0.416. The number of rotatable bonds is 5. The summed E-state index contributed by atoms with van der Waals surface area (Å²) in [5, 5.41) is 11.7. The van der Waals surface area contributed by atoms with Gasteiger partial charge in [0.05, 0.1) is 12.6 Å². The summed E-state index contributed by atoms with van der Waals surface area (Å²) in [7, 11) is 0. The van der Waals surface area contributed by atoms with E-state index in [9.17, 15) is 4.79 Å². The highest BCUT2D eigenvalue weighted by Gasteiger charge is 2.37. The van der Waals surface area contributed by atoms with Gasteiger partial charge in [-0.2, -0.15) is 0 Å². The molecule has 2 atom stereocenters. The third-order valence-electron chi connectivity index (χ3n) is 5.18. The van der Waals surface area contributed by atoms with Gasteiger partial charge in [-0.05, 0) is 68.7 Å². The topological polar surface area (TPSA) is 81.1 Å². The molecule has 156 valence electrons. The number of aromatic nitrogens is 3. The summed E-state index contributed by atoms with van der Waals surface area (Å²) in [4.78, 5) is 13.3. The van der Waals surface area contributed by atoms with E-state index in [1.165, 1.54) is 17.3 Å². The van der Waals surface area contributed by atoms with Crippen molar-refractivity contribution < 1.29 is 9.53 Å². The smallest absolute Gasteiger partial charge is 0.240 e. The van der Waals surface area contributed by atoms with Crippen molar-refractivity contribution in [2.24, 2.45) is 0 Å². The second-order valence-electron chi connectivity index (χ2n) is 7.30. The molecule has 0 spiro atoms. The Morgan fingerprint density at radius 1 is 1.13 bits per heavy atom. The Hall–Kier alpha value is -3.00. The van der Waals surface area contributed by atoms with Gasteiger partial charge in [0.2, 0.25) is 11.1 Å². The summed E-state index contributed by atoms with van der Waals surface area (Å²) in [6.45, 7) is 8.54. The fourth-order valence-corrected chi connectivity index (χ4v) is 4.51. The Balaban J connectivity index is 1.63. The maximum absolute atomic E-state index is 13.3. The number of ether oxygens (including phenoxy) is 1. The minimum absolute atomic E-state index is 0.0819. The average Bonchev–Trinajstić information content (AvgIpc) is 3.11. The summed E-state index contributed by atoms with van der Waals surface area (Å²) in [6.07, 6.45) is 0. The number of carbonyl (C=O) groups is 1. The molecule has 0 fully saturated rings. The van der Waals surface area contributed by atoms with E-state index in [0.717, 1.165) is 28.4 Å². The first kappa shape index (κ1) is 20.3. The molecule has 2 aromatic carbocycles. The monoisotopic (exact) mass is 423 g/mol. The number of amides is 1. The van der Waals surface area contributed by atoms with Crippen molar-refractivity contribution in [2.75, 3.05) is 17.3 Å². The van der Waals surface area contributed by atoms with Gasteiger partial charge in [0.15, 0.2) is 0 Å².